The van der Waals surface area contributed by atoms with Gasteiger partial charge in [-0.15, -0.1) is 23.2 Å². The van der Waals surface area contributed by atoms with Crippen molar-refractivity contribution in [1.29, 1.82) is 0 Å². The molecule has 2 aromatic carbocycles. The summed E-state index contributed by atoms with van der Waals surface area (Å²) in [5.74, 6) is 1.17. The number of fused-ring (bicyclic) bond motifs is 1. The molecule has 3 heteroatoms. The fraction of sp³-hybridized carbons (Fsp3) is 0.286. The molecule has 2 N–H and O–H groups in total. The highest BCUT2D eigenvalue weighted by molar-refractivity contribution is 6.18. The van der Waals surface area contributed by atoms with Gasteiger partial charge in [-0.2, -0.15) is 0 Å². The molecule has 0 saturated carbocycles. The van der Waals surface area contributed by atoms with Crippen LogP contribution in [-0.2, 0) is 12.8 Å². The van der Waals surface area contributed by atoms with Crippen LogP contribution in [0.5, 0.6) is 0 Å². The Balaban J connectivity index is 2.66. The number of rotatable bonds is 4. The Morgan fingerprint density at radius 1 is 1.00 bits per heavy atom. The lowest BCUT2D eigenvalue weighted by molar-refractivity contribution is 1.12. The number of aryl methyl sites for hydroxylation is 2. The predicted molar refractivity (Wildman–Crippen MR) is 77.2 cm³/mol. The van der Waals surface area contributed by atoms with Crippen LogP contribution in [-0.4, -0.2) is 11.8 Å². The van der Waals surface area contributed by atoms with E-state index in [1.807, 2.05) is 12.1 Å². The SMILES string of the molecule is Nc1c(CCCl)cc2ccccc2c1CCCl. The monoisotopic (exact) mass is 267 g/mol. The number of benzene rings is 2. The highest BCUT2D eigenvalue weighted by atomic mass is 35.5. The van der Waals surface area contributed by atoms with Crippen molar-refractivity contribution >= 4 is 39.7 Å². The minimum Gasteiger partial charge on any atom is -0.398 e. The topological polar surface area (TPSA) is 26.0 Å². The van der Waals surface area contributed by atoms with Crippen molar-refractivity contribution in [1.82, 2.24) is 0 Å². The summed E-state index contributed by atoms with van der Waals surface area (Å²) < 4.78 is 0. The van der Waals surface area contributed by atoms with Gasteiger partial charge in [0, 0.05) is 17.4 Å². The molecule has 2 aromatic rings. The smallest absolute Gasteiger partial charge is 0.0386 e. The van der Waals surface area contributed by atoms with Gasteiger partial charge < -0.3 is 5.73 Å². The maximum absolute atomic E-state index is 6.20. The van der Waals surface area contributed by atoms with Crippen LogP contribution in [0.2, 0.25) is 0 Å². The number of nitrogen functional groups attached to an aromatic ring is 1. The summed E-state index contributed by atoms with van der Waals surface area (Å²) in [6.45, 7) is 0. The summed E-state index contributed by atoms with van der Waals surface area (Å²) in [5, 5.41) is 2.41. The maximum atomic E-state index is 6.20. The Hall–Kier alpha value is -0.920. The molecule has 90 valence electrons. The second-order valence-corrected chi connectivity index (χ2v) is 4.78. The minimum atomic E-state index is 0.582. The van der Waals surface area contributed by atoms with Crippen molar-refractivity contribution in [2.75, 3.05) is 17.5 Å². The molecule has 0 radical (unpaired) electrons. The van der Waals surface area contributed by atoms with Crippen LogP contribution in [0.4, 0.5) is 5.69 Å². The van der Waals surface area contributed by atoms with Crippen molar-refractivity contribution in [3.05, 3.63) is 41.5 Å². The molecule has 0 aliphatic rings. The molecule has 0 unspecified atom stereocenters. The van der Waals surface area contributed by atoms with Gasteiger partial charge in [-0.25, -0.2) is 0 Å². The first-order valence-corrected chi connectivity index (χ1v) is 6.75. The second-order valence-electron chi connectivity index (χ2n) is 4.03. The van der Waals surface area contributed by atoms with E-state index in [9.17, 15) is 0 Å². The summed E-state index contributed by atoms with van der Waals surface area (Å²) in [6.07, 6.45) is 1.59. The van der Waals surface area contributed by atoms with Gasteiger partial charge in [0.2, 0.25) is 0 Å². The zero-order valence-electron chi connectivity index (χ0n) is 9.55. The van der Waals surface area contributed by atoms with Crippen LogP contribution in [0.1, 0.15) is 11.1 Å². The summed E-state index contributed by atoms with van der Waals surface area (Å²) in [4.78, 5) is 0. The normalized spacial score (nSPS) is 10.9. The van der Waals surface area contributed by atoms with Crippen molar-refractivity contribution in [2.24, 2.45) is 0 Å². The number of anilines is 1. The van der Waals surface area contributed by atoms with Crippen molar-refractivity contribution in [3.8, 4) is 0 Å². The highest BCUT2D eigenvalue weighted by Gasteiger charge is 2.09. The van der Waals surface area contributed by atoms with E-state index in [1.165, 1.54) is 10.8 Å². The Kier molecular flexibility index (Phi) is 4.14. The van der Waals surface area contributed by atoms with Gasteiger partial charge in [0.25, 0.3) is 0 Å². The average molecular weight is 268 g/mol. The van der Waals surface area contributed by atoms with Gasteiger partial charge in [-0.3, -0.25) is 0 Å². The minimum absolute atomic E-state index is 0.582. The number of alkyl halides is 2. The lowest BCUT2D eigenvalue weighted by atomic mass is 9.96. The van der Waals surface area contributed by atoms with E-state index < -0.39 is 0 Å². The van der Waals surface area contributed by atoms with E-state index in [0.717, 1.165) is 29.7 Å². The molecule has 0 amide bonds. The predicted octanol–water partition coefficient (Wildman–Crippen LogP) is 3.98. The van der Waals surface area contributed by atoms with Gasteiger partial charge >= 0.3 is 0 Å². The molecule has 0 aliphatic heterocycles. The Morgan fingerprint density at radius 3 is 2.41 bits per heavy atom. The van der Waals surface area contributed by atoms with E-state index in [1.54, 1.807) is 0 Å². The lowest BCUT2D eigenvalue weighted by Crippen LogP contribution is -2.03. The van der Waals surface area contributed by atoms with E-state index in [4.69, 9.17) is 28.9 Å². The fourth-order valence-corrected chi connectivity index (χ4v) is 2.57. The molecular formula is C14H15Cl2N. The molecule has 2 rings (SSSR count). The van der Waals surface area contributed by atoms with Gasteiger partial charge in [0.1, 0.15) is 0 Å². The molecular weight excluding hydrogens is 253 g/mol. The van der Waals surface area contributed by atoms with E-state index in [0.29, 0.717) is 11.8 Å². The first-order chi connectivity index (χ1) is 8.27. The van der Waals surface area contributed by atoms with Crippen LogP contribution >= 0.6 is 23.2 Å². The number of halogens is 2. The van der Waals surface area contributed by atoms with Gasteiger partial charge in [0.05, 0.1) is 0 Å². The molecule has 0 aliphatic carbocycles. The third kappa shape index (κ3) is 2.51. The van der Waals surface area contributed by atoms with Gasteiger partial charge in [-0.05, 0) is 40.8 Å². The van der Waals surface area contributed by atoms with Gasteiger partial charge in [-0.1, -0.05) is 24.3 Å². The Labute approximate surface area is 112 Å². The molecule has 0 atom stereocenters. The van der Waals surface area contributed by atoms with Crippen LogP contribution < -0.4 is 5.73 Å². The largest absolute Gasteiger partial charge is 0.398 e. The summed E-state index contributed by atoms with van der Waals surface area (Å²) in [7, 11) is 0. The van der Waals surface area contributed by atoms with Crippen LogP contribution in [0.3, 0.4) is 0 Å². The zero-order valence-corrected chi connectivity index (χ0v) is 11.1. The number of hydrogen-bond acceptors (Lipinski definition) is 1. The molecule has 0 heterocycles. The van der Waals surface area contributed by atoms with Crippen LogP contribution in [0, 0.1) is 0 Å². The van der Waals surface area contributed by atoms with Gasteiger partial charge in [0.15, 0.2) is 0 Å². The standard InChI is InChI=1S/C14H15Cl2N/c15-7-5-11-9-10-3-1-2-4-12(10)13(6-8-16)14(11)17/h1-4,9H,5-8,17H2. The molecule has 0 saturated heterocycles. The zero-order chi connectivity index (χ0) is 12.3. The second kappa shape index (κ2) is 5.61. The van der Waals surface area contributed by atoms with Crippen LogP contribution in [0.25, 0.3) is 10.8 Å². The highest BCUT2D eigenvalue weighted by Crippen LogP contribution is 2.29. The quantitative estimate of drug-likeness (QED) is 0.658. The number of nitrogens with two attached hydrogens (primary N) is 1. The van der Waals surface area contributed by atoms with Crippen molar-refractivity contribution < 1.29 is 0 Å². The van der Waals surface area contributed by atoms with Crippen molar-refractivity contribution in [3.63, 3.8) is 0 Å². The molecule has 1 nitrogen and oxygen atoms in total. The first-order valence-electron chi connectivity index (χ1n) is 5.69. The number of hydrogen-bond donors (Lipinski definition) is 1. The van der Waals surface area contributed by atoms with Crippen molar-refractivity contribution in [2.45, 2.75) is 12.8 Å². The summed E-state index contributed by atoms with van der Waals surface area (Å²) in [5.41, 5.74) is 9.33. The molecule has 0 spiro atoms. The molecule has 0 fully saturated rings. The third-order valence-corrected chi connectivity index (χ3v) is 3.37. The maximum Gasteiger partial charge on any atom is 0.0386 e. The molecule has 0 aromatic heterocycles. The summed E-state index contributed by atoms with van der Waals surface area (Å²) in [6, 6.07) is 10.4. The Morgan fingerprint density at radius 2 is 1.71 bits per heavy atom. The first kappa shape index (κ1) is 12.5. The van der Waals surface area contributed by atoms with E-state index in [2.05, 4.69) is 18.2 Å². The lowest BCUT2D eigenvalue weighted by Gasteiger charge is -2.13. The van der Waals surface area contributed by atoms with E-state index >= 15 is 0 Å². The Bertz CT molecular complexity index is 523. The van der Waals surface area contributed by atoms with E-state index in [-0.39, 0.29) is 0 Å². The van der Waals surface area contributed by atoms with Crippen LogP contribution in [0.15, 0.2) is 30.3 Å². The molecule has 0 bridgehead atoms. The summed E-state index contributed by atoms with van der Waals surface area (Å²) >= 11 is 11.7. The third-order valence-electron chi connectivity index (χ3n) is 3.00. The fourth-order valence-electron chi connectivity index (χ4n) is 2.17. The average Bonchev–Trinajstić information content (AvgIpc) is 2.35. The molecule has 17 heavy (non-hydrogen) atoms.